The summed E-state index contributed by atoms with van der Waals surface area (Å²) in [5.74, 6) is 0.584. The van der Waals surface area contributed by atoms with E-state index in [1.807, 2.05) is 49.4 Å². The van der Waals surface area contributed by atoms with Crippen LogP contribution < -0.4 is 5.43 Å². The fourth-order valence-corrected chi connectivity index (χ4v) is 3.89. The molecule has 0 spiro atoms. The Kier molecular flexibility index (Phi) is 6.95. The van der Waals surface area contributed by atoms with Crippen LogP contribution in [0.4, 0.5) is 0 Å². The number of nitrogens with zero attached hydrogens (tertiary/aromatic N) is 2. The molecule has 0 saturated carbocycles. The number of aryl methyl sites for hydroxylation is 1. The average molecular weight is 412 g/mol. The fourth-order valence-electron chi connectivity index (χ4n) is 2.91. The van der Waals surface area contributed by atoms with Gasteiger partial charge in [-0.2, -0.15) is 5.10 Å². The minimum Gasteiger partial charge on any atom is -0.318 e. The summed E-state index contributed by atoms with van der Waals surface area (Å²) in [7, 11) is 0. The van der Waals surface area contributed by atoms with Gasteiger partial charge in [0.05, 0.1) is 6.21 Å². The van der Waals surface area contributed by atoms with E-state index in [9.17, 15) is 4.79 Å². The molecule has 3 rings (SSSR count). The number of rotatable bonds is 7. The molecule has 3 aromatic rings. The monoisotopic (exact) mass is 411 g/mol. The van der Waals surface area contributed by atoms with Gasteiger partial charge >= 0.3 is 0 Å². The zero-order valence-corrected chi connectivity index (χ0v) is 17.4. The van der Waals surface area contributed by atoms with Gasteiger partial charge in [0.2, 0.25) is 5.91 Å². The molecule has 1 heterocycles. The third-order valence-corrected chi connectivity index (χ3v) is 5.55. The Bertz CT molecular complexity index is 965. The van der Waals surface area contributed by atoms with Crippen LogP contribution in [0.2, 0.25) is 5.02 Å². The highest BCUT2D eigenvalue weighted by Crippen LogP contribution is 2.21. The van der Waals surface area contributed by atoms with E-state index >= 15 is 0 Å². The number of aromatic nitrogens is 1. The number of amides is 1. The molecule has 0 aliphatic rings. The van der Waals surface area contributed by atoms with Crippen molar-refractivity contribution in [3.63, 3.8) is 0 Å². The highest BCUT2D eigenvalue weighted by molar-refractivity contribution is 7.99. The summed E-state index contributed by atoms with van der Waals surface area (Å²) in [6.07, 6.45) is 2.10. The largest absolute Gasteiger partial charge is 0.318 e. The van der Waals surface area contributed by atoms with E-state index in [1.165, 1.54) is 0 Å². The Morgan fingerprint density at radius 3 is 2.57 bits per heavy atom. The summed E-state index contributed by atoms with van der Waals surface area (Å²) >= 11 is 7.49. The van der Waals surface area contributed by atoms with E-state index in [0.29, 0.717) is 17.2 Å². The first-order valence-electron chi connectivity index (χ1n) is 8.99. The Morgan fingerprint density at radius 1 is 1.14 bits per heavy atom. The lowest BCUT2D eigenvalue weighted by Gasteiger charge is -2.08. The van der Waals surface area contributed by atoms with Crippen LogP contribution in [0, 0.1) is 13.8 Å². The van der Waals surface area contributed by atoms with Crippen molar-refractivity contribution in [3.8, 4) is 5.69 Å². The first-order valence-corrected chi connectivity index (χ1v) is 10.4. The Morgan fingerprint density at radius 2 is 1.86 bits per heavy atom. The van der Waals surface area contributed by atoms with Gasteiger partial charge in [-0.05, 0) is 56.3 Å². The zero-order valence-electron chi connectivity index (χ0n) is 15.9. The van der Waals surface area contributed by atoms with Crippen LogP contribution in [-0.4, -0.2) is 22.4 Å². The summed E-state index contributed by atoms with van der Waals surface area (Å²) in [5, 5.41) is 4.83. The molecule has 0 aliphatic heterocycles. The number of halogens is 1. The van der Waals surface area contributed by atoms with Crippen LogP contribution in [0.15, 0.2) is 70.7 Å². The number of hydrogen-bond donors (Lipinski definition) is 1. The molecule has 28 heavy (non-hydrogen) atoms. The third kappa shape index (κ3) is 5.27. The molecule has 0 radical (unpaired) electrons. The van der Waals surface area contributed by atoms with Crippen molar-refractivity contribution in [2.45, 2.75) is 25.2 Å². The topological polar surface area (TPSA) is 46.4 Å². The maximum atomic E-state index is 12.0. The van der Waals surface area contributed by atoms with Gasteiger partial charge in [0.25, 0.3) is 0 Å². The van der Waals surface area contributed by atoms with Gasteiger partial charge in [-0.25, -0.2) is 5.43 Å². The van der Waals surface area contributed by atoms with Crippen molar-refractivity contribution in [2.24, 2.45) is 5.10 Å². The molecule has 0 fully saturated rings. The highest BCUT2D eigenvalue weighted by Gasteiger charge is 2.09. The van der Waals surface area contributed by atoms with E-state index in [1.54, 1.807) is 18.0 Å². The van der Waals surface area contributed by atoms with Crippen LogP contribution >= 0.6 is 23.4 Å². The van der Waals surface area contributed by atoms with Gasteiger partial charge in [-0.3, -0.25) is 4.79 Å². The first-order chi connectivity index (χ1) is 13.5. The highest BCUT2D eigenvalue weighted by atomic mass is 35.5. The molecule has 2 aromatic carbocycles. The summed E-state index contributed by atoms with van der Waals surface area (Å²) in [5.41, 5.74) is 6.91. The fraction of sp³-hybridized carbons (Fsp3) is 0.182. The molecule has 6 heteroatoms. The molecule has 0 bridgehead atoms. The number of carbonyl (C=O) groups excluding carboxylic acids is 1. The Labute approximate surface area is 174 Å². The molecule has 0 unspecified atom stereocenters. The SMILES string of the molecule is Cc1cc(/C=N\NC(=O)CCSc2ccc(Cl)cc2)c(C)n1-c1ccccc1. The molecule has 1 N–H and O–H groups in total. The Balaban J connectivity index is 1.53. The maximum absolute atomic E-state index is 12.0. The smallest absolute Gasteiger partial charge is 0.240 e. The van der Waals surface area contributed by atoms with Crippen LogP contribution in [0.1, 0.15) is 23.4 Å². The van der Waals surface area contributed by atoms with Gasteiger partial charge in [0.15, 0.2) is 0 Å². The molecule has 0 aliphatic carbocycles. The third-order valence-electron chi connectivity index (χ3n) is 4.29. The first kappa shape index (κ1) is 20.2. The van der Waals surface area contributed by atoms with Gasteiger partial charge in [0.1, 0.15) is 0 Å². The Hall–Kier alpha value is -2.50. The second-order valence-corrected chi connectivity index (χ2v) is 7.95. The van der Waals surface area contributed by atoms with Crippen LogP contribution in [0.3, 0.4) is 0 Å². The molecular formula is C22H22ClN3OS. The number of benzene rings is 2. The zero-order chi connectivity index (χ0) is 19.9. The predicted octanol–water partition coefficient (Wildman–Crippen LogP) is 5.38. The van der Waals surface area contributed by atoms with E-state index in [0.717, 1.165) is 27.5 Å². The van der Waals surface area contributed by atoms with Crippen molar-refractivity contribution in [1.29, 1.82) is 0 Å². The molecule has 144 valence electrons. The molecule has 1 amide bonds. The van der Waals surface area contributed by atoms with Crippen LogP contribution in [0.25, 0.3) is 5.69 Å². The number of hydrogen-bond acceptors (Lipinski definition) is 3. The number of carbonyl (C=O) groups is 1. The molecular weight excluding hydrogens is 390 g/mol. The van der Waals surface area contributed by atoms with E-state index in [-0.39, 0.29) is 5.91 Å². The summed E-state index contributed by atoms with van der Waals surface area (Å²) in [4.78, 5) is 13.1. The maximum Gasteiger partial charge on any atom is 0.240 e. The lowest BCUT2D eigenvalue weighted by molar-refractivity contribution is -0.120. The van der Waals surface area contributed by atoms with Gasteiger partial charge in [-0.15, -0.1) is 11.8 Å². The quantitative estimate of drug-likeness (QED) is 0.322. The van der Waals surface area contributed by atoms with Crippen LogP contribution in [0.5, 0.6) is 0 Å². The van der Waals surface area contributed by atoms with Gasteiger partial charge < -0.3 is 4.57 Å². The normalized spacial score (nSPS) is 11.1. The lowest BCUT2D eigenvalue weighted by Crippen LogP contribution is -2.17. The van der Waals surface area contributed by atoms with E-state index in [2.05, 4.69) is 40.2 Å². The number of thioether (sulfide) groups is 1. The number of hydrazone groups is 1. The minimum atomic E-state index is -0.102. The lowest BCUT2D eigenvalue weighted by atomic mass is 10.2. The second kappa shape index (κ2) is 9.62. The molecule has 0 atom stereocenters. The van der Waals surface area contributed by atoms with Gasteiger partial charge in [-0.1, -0.05) is 29.8 Å². The summed E-state index contributed by atoms with van der Waals surface area (Å²) in [6, 6.07) is 19.8. The minimum absolute atomic E-state index is 0.102. The van der Waals surface area contributed by atoms with Crippen molar-refractivity contribution in [3.05, 3.63) is 82.6 Å². The number of para-hydroxylation sites is 1. The van der Waals surface area contributed by atoms with Crippen molar-refractivity contribution in [1.82, 2.24) is 9.99 Å². The second-order valence-electron chi connectivity index (χ2n) is 6.34. The molecule has 4 nitrogen and oxygen atoms in total. The summed E-state index contributed by atoms with van der Waals surface area (Å²) < 4.78 is 2.17. The van der Waals surface area contributed by atoms with E-state index < -0.39 is 0 Å². The number of nitrogens with one attached hydrogen (secondary N) is 1. The average Bonchev–Trinajstić information content (AvgIpc) is 2.97. The van der Waals surface area contributed by atoms with E-state index in [4.69, 9.17) is 11.6 Å². The standard InChI is InChI=1S/C22H22ClN3OS/c1-16-14-18(17(2)26(16)20-6-4-3-5-7-20)15-24-25-22(27)12-13-28-21-10-8-19(23)9-11-21/h3-11,14-15H,12-13H2,1-2H3,(H,25,27)/b24-15-. The van der Waals surface area contributed by atoms with Crippen LogP contribution in [-0.2, 0) is 4.79 Å². The van der Waals surface area contributed by atoms with Crippen molar-refractivity contribution < 1.29 is 4.79 Å². The van der Waals surface area contributed by atoms with Gasteiger partial charge in [0, 0.05) is 44.7 Å². The van der Waals surface area contributed by atoms with Crippen molar-refractivity contribution >= 4 is 35.5 Å². The summed E-state index contributed by atoms with van der Waals surface area (Å²) in [6.45, 7) is 4.11. The van der Waals surface area contributed by atoms with Crippen molar-refractivity contribution in [2.75, 3.05) is 5.75 Å². The molecule has 1 aromatic heterocycles. The predicted molar refractivity (Wildman–Crippen MR) is 118 cm³/mol. The molecule has 0 saturated heterocycles.